The van der Waals surface area contributed by atoms with Crippen LogP contribution in [0.15, 0.2) is 72.8 Å². The van der Waals surface area contributed by atoms with Crippen LogP contribution in [0.3, 0.4) is 0 Å². The molecule has 1 N–H and O–H groups in total. The number of aliphatic hydroxyl groups is 1. The fourth-order valence-corrected chi connectivity index (χ4v) is 4.05. The maximum absolute atomic E-state index is 9.23. The molecule has 0 saturated carbocycles. The summed E-state index contributed by atoms with van der Waals surface area (Å²) in [4.78, 5) is 7.57. The van der Waals surface area contributed by atoms with Crippen molar-refractivity contribution in [2.24, 2.45) is 0 Å². The maximum Gasteiger partial charge on any atom is 0.0705 e. The number of nitrogens with zero attached hydrogens (tertiary/aromatic N) is 2. The molecule has 28 heavy (non-hydrogen) atoms. The summed E-state index contributed by atoms with van der Waals surface area (Å²) in [5.74, 6) is 0.501. The van der Waals surface area contributed by atoms with E-state index in [2.05, 4.69) is 53.4 Å². The van der Waals surface area contributed by atoms with Crippen LogP contribution in [0.5, 0.6) is 0 Å². The Labute approximate surface area is 167 Å². The molecule has 2 heterocycles. The van der Waals surface area contributed by atoms with Gasteiger partial charge in [-0.25, -0.2) is 0 Å². The van der Waals surface area contributed by atoms with E-state index in [1.165, 1.54) is 30.6 Å². The van der Waals surface area contributed by atoms with Gasteiger partial charge in [-0.2, -0.15) is 0 Å². The summed E-state index contributed by atoms with van der Waals surface area (Å²) in [6, 6.07) is 25.2. The van der Waals surface area contributed by atoms with E-state index in [0.29, 0.717) is 5.92 Å². The van der Waals surface area contributed by atoms with Crippen molar-refractivity contribution in [3.05, 3.63) is 89.6 Å². The van der Waals surface area contributed by atoms with Crippen LogP contribution in [0, 0.1) is 0 Å². The van der Waals surface area contributed by atoms with Crippen LogP contribution in [0.25, 0.3) is 11.3 Å². The third-order valence-corrected chi connectivity index (χ3v) is 5.69. The van der Waals surface area contributed by atoms with Gasteiger partial charge in [0.1, 0.15) is 0 Å². The average molecular weight is 373 g/mol. The lowest BCUT2D eigenvalue weighted by atomic mass is 9.93. The van der Waals surface area contributed by atoms with Gasteiger partial charge < -0.3 is 10.0 Å². The Balaban J connectivity index is 1.43. The van der Waals surface area contributed by atoms with Gasteiger partial charge in [-0.3, -0.25) is 4.98 Å². The van der Waals surface area contributed by atoms with Crippen LogP contribution >= 0.6 is 0 Å². The van der Waals surface area contributed by atoms with E-state index in [4.69, 9.17) is 4.98 Å². The largest absolute Gasteiger partial charge is 0.392 e. The highest BCUT2D eigenvalue weighted by Crippen LogP contribution is 2.28. The molecule has 1 fully saturated rings. The van der Waals surface area contributed by atoms with Crippen molar-refractivity contribution in [2.75, 3.05) is 19.6 Å². The Kier molecular flexibility index (Phi) is 6.15. The molecule has 0 bridgehead atoms. The highest BCUT2D eigenvalue weighted by Gasteiger charge is 2.22. The Morgan fingerprint density at radius 2 is 1.71 bits per heavy atom. The maximum atomic E-state index is 9.23. The topological polar surface area (TPSA) is 36.4 Å². The molecule has 1 atom stereocenters. The third kappa shape index (κ3) is 4.67. The number of likely N-dealkylation sites (tertiary alicyclic amines) is 1. The Hall–Kier alpha value is -2.49. The molecule has 1 saturated heterocycles. The highest BCUT2D eigenvalue weighted by atomic mass is 16.3. The molecule has 1 aromatic heterocycles. The summed E-state index contributed by atoms with van der Waals surface area (Å²) >= 11 is 0. The highest BCUT2D eigenvalue weighted by molar-refractivity contribution is 5.59. The van der Waals surface area contributed by atoms with Crippen LogP contribution in [0.2, 0.25) is 0 Å². The molecule has 3 aromatic rings. The van der Waals surface area contributed by atoms with E-state index in [-0.39, 0.29) is 6.61 Å². The van der Waals surface area contributed by atoms with E-state index >= 15 is 0 Å². The molecule has 3 nitrogen and oxygen atoms in total. The molecule has 3 heteroatoms. The van der Waals surface area contributed by atoms with Crippen LogP contribution in [0.4, 0.5) is 0 Å². The lowest BCUT2D eigenvalue weighted by Crippen LogP contribution is -2.36. The second-order valence-electron chi connectivity index (χ2n) is 7.68. The lowest BCUT2D eigenvalue weighted by Gasteiger charge is -2.32. The van der Waals surface area contributed by atoms with Gasteiger partial charge in [0.2, 0.25) is 0 Å². The van der Waals surface area contributed by atoms with Gasteiger partial charge >= 0.3 is 0 Å². The second kappa shape index (κ2) is 9.13. The average Bonchev–Trinajstić information content (AvgIpc) is 2.79. The normalized spacial score (nSPS) is 17.5. The zero-order valence-electron chi connectivity index (χ0n) is 16.3. The number of rotatable bonds is 6. The first kappa shape index (κ1) is 18.9. The van der Waals surface area contributed by atoms with Crippen molar-refractivity contribution < 1.29 is 5.11 Å². The molecule has 0 unspecified atom stereocenters. The minimum Gasteiger partial charge on any atom is -0.392 e. The number of pyridine rings is 1. The number of aliphatic hydroxyl groups excluding tert-OH is 1. The predicted molar refractivity (Wildman–Crippen MR) is 114 cm³/mol. The van der Waals surface area contributed by atoms with E-state index < -0.39 is 0 Å². The predicted octanol–water partition coefficient (Wildman–Crippen LogP) is 4.66. The van der Waals surface area contributed by atoms with Gasteiger partial charge in [-0.05, 0) is 49.1 Å². The van der Waals surface area contributed by atoms with E-state index in [9.17, 15) is 5.11 Å². The van der Waals surface area contributed by atoms with Crippen LogP contribution < -0.4 is 0 Å². The second-order valence-corrected chi connectivity index (χ2v) is 7.68. The summed E-state index contributed by atoms with van der Waals surface area (Å²) in [5.41, 5.74) is 5.67. The number of piperidine rings is 1. The fraction of sp³-hybridized carbons (Fsp3) is 0.320. The van der Waals surface area contributed by atoms with Gasteiger partial charge in [0.15, 0.2) is 0 Å². The molecule has 1 aliphatic heterocycles. The SMILES string of the molecule is OCc1ccc(-c2cccc([C@@H]3CCCN(CCc4ccccc4)C3)n2)cc1. The van der Waals surface area contributed by atoms with Crippen molar-refractivity contribution in [1.29, 1.82) is 0 Å². The molecular weight excluding hydrogens is 344 g/mol. The molecule has 1 aliphatic rings. The first-order valence-electron chi connectivity index (χ1n) is 10.3. The molecule has 2 aromatic carbocycles. The summed E-state index contributed by atoms with van der Waals surface area (Å²) in [5, 5.41) is 9.23. The molecule has 0 spiro atoms. The summed E-state index contributed by atoms with van der Waals surface area (Å²) in [6.07, 6.45) is 3.55. The minimum absolute atomic E-state index is 0.0780. The molecule has 144 valence electrons. The van der Waals surface area contributed by atoms with Gasteiger partial charge in [0, 0.05) is 30.3 Å². The number of benzene rings is 2. The monoisotopic (exact) mass is 372 g/mol. The lowest BCUT2D eigenvalue weighted by molar-refractivity contribution is 0.208. The van der Waals surface area contributed by atoms with Crippen LogP contribution in [-0.4, -0.2) is 34.6 Å². The summed E-state index contributed by atoms with van der Waals surface area (Å²) in [6.45, 7) is 3.47. The van der Waals surface area contributed by atoms with Gasteiger partial charge in [0.25, 0.3) is 0 Å². The molecule has 0 aliphatic carbocycles. The smallest absolute Gasteiger partial charge is 0.0705 e. The molecule has 4 rings (SSSR count). The zero-order valence-corrected chi connectivity index (χ0v) is 16.3. The zero-order chi connectivity index (χ0) is 19.2. The molecular formula is C25H28N2O. The first-order chi connectivity index (χ1) is 13.8. The third-order valence-electron chi connectivity index (χ3n) is 5.69. The van der Waals surface area contributed by atoms with E-state index in [0.717, 1.165) is 36.3 Å². The summed E-state index contributed by atoms with van der Waals surface area (Å²) < 4.78 is 0. The van der Waals surface area contributed by atoms with Crippen molar-refractivity contribution in [1.82, 2.24) is 9.88 Å². The van der Waals surface area contributed by atoms with Crippen molar-refractivity contribution in [3.8, 4) is 11.3 Å². The van der Waals surface area contributed by atoms with Gasteiger partial charge in [-0.1, -0.05) is 60.7 Å². The molecule has 0 radical (unpaired) electrons. The Bertz CT molecular complexity index is 877. The van der Waals surface area contributed by atoms with Crippen molar-refractivity contribution in [2.45, 2.75) is 31.8 Å². The Morgan fingerprint density at radius 1 is 0.893 bits per heavy atom. The first-order valence-corrected chi connectivity index (χ1v) is 10.3. The number of hydrogen-bond donors (Lipinski definition) is 1. The fourth-order valence-electron chi connectivity index (χ4n) is 4.05. The van der Waals surface area contributed by atoms with E-state index in [1.54, 1.807) is 0 Å². The van der Waals surface area contributed by atoms with Crippen molar-refractivity contribution in [3.63, 3.8) is 0 Å². The van der Waals surface area contributed by atoms with Gasteiger partial charge in [0.05, 0.1) is 12.3 Å². The number of aromatic nitrogens is 1. The van der Waals surface area contributed by atoms with Gasteiger partial charge in [-0.15, -0.1) is 0 Å². The Morgan fingerprint density at radius 3 is 2.50 bits per heavy atom. The minimum atomic E-state index is 0.0780. The van der Waals surface area contributed by atoms with Crippen LogP contribution in [0.1, 0.15) is 35.6 Å². The number of hydrogen-bond acceptors (Lipinski definition) is 3. The molecule has 0 amide bonds. The summed E-state index contributed by atoms with van der Waals surface area (Å²) in [7, 11) is 0. The quantitative estimate of drug-likeness (QED) is 0.683. The van der Waals surface area contributed by atoms with E-state index in [1.807, 2.05) is 24.3 Å². The van der Waals surface area contributed by atoms with Crippen molar-refractivity contribution >= 4 is 0 Å². The van der Waals surface area contributed by atoms with Crippen LogP contribution in [-0.2, 0) is 13.0 Å². The standard InChI is InChI=1S/C25H28N2O/c28-19-21-11-13-22(14-12-21)24-9-4-10-25(26-24)23-8-5-16-27(18-23)17-15-20-6-2-1-3-7-20/h1-4,6-7,9-14,23,28H,5,8,15-19H2/t23-/m1/s1.